The summed E-state index contributed by atoms with van der Waals surface area (Å²) in [6.45, 7) is -0.127. The SMILES string of the molecule is COC(=O)Cc1cc(C#N)cc(C(F)F)c1CN. The van der Waals surface area contributed by atoms with Crippen LogP contribution < -0.4 is 5.73 Å². The second kappa shape index (κ2) is 6.07. The lowest BCUT2D eigenvalue weighted by molar-refractivity contribution is -0.139. The van der Waals surface area contributed by atoms with E-state index in [9.17, 15) is 13.6 Å². The molecule has 0 radical (unpaired) electrons. The maximum Gasteiger partial charge on any atom is 0.309 e. The molecule has 0 aliphatic carbocycles. The van der Waals surface area contributed by atoms with Crippen molar-refractivity contribution < 1.29 is 18.3 Å². The monoisotopic (exact) mass is 254 g/mol. The van der Waals surface area contributed by atoms with Gasteiger partial charge in [0.15, 0.2) is 0 Å². The van der Waals surface area contributed by atoms with E-state index in [2.05, 4.69) is 4.74 Å². The van der Waals surface area contributed by atoms with E-state index in [0.29, 0.717) is 5.56 Å². The van der Waals surface area contributed by atoms with Gasteiger partial charge in [-0.15, -0.1) is 0 Å². The fourth-order valence-electron chi connectivity index (χ4n) is 1.65. The lowest BCUT2D eigenvalue weighted by Crippen LogP contribution is -2.12. The number of halogens is 2. The Hall–Kier alpha value is -2.00. The Kier molecular flexibility index (Phi) is 4.75. The van der Waals surface area contributed by atoms with Crippen LogP contribution in [0.3, 0.4) is 0 Å². The lowest BCUT2D eigenvalue weighted by Gasteiger charge is -2.13. The highest BCUT2D eigenvalue weighted by molar-refractivity contribution is 5.73. The summed E-state index contributed by atoms with van der Waals surface area (Å²) in [5, 5.41) is 8.78. The van der Waals surface area contributed by atoms with Gasteiger partial charge in [-0.2, -0.15) is 5.26 Å². The van der Waals surface area contributed by atoms with E-state index in [1.807, 2.05) is 0 Å². The van der Waals surface area contributed by atoms with Gasteiger partial charge in [-0.25, -0.2) is 8.78 Å². The summed E-state index contributed by atoms with van der Waals surface area (Å²) in [5.41, 5.74) is 5.68. The van der Waals surface area contributed by atoms with Gasteiger partial charge in [0.25, 0.3) is 6.43 Å². The molecule has 4 nitrogen and oxygen atoms in total. The van der Waals surface area contributed by atoms with Crippen molar-refractivity contribution in [1.82, 2.24) is 0 Å². The van der Waals surface area contributed by atoms with Gasteiger partial charge >= 0.3 is 5.97 Å². The predicted octanol–water partition coefficient (Wildman–Crippen LogP) is 1.67. The summed E-state index contributed by atoms with van der Waals surface area (Å²) in [6, 6.07) is 4.25. The molecule has 1 rings (SSSR count). The average molecular weight is 254 g/mol. The molecule has 0 amide bonds. The number of hydrogen-bond donors (Lipinski definition) is 1. The van der Waals surface area contributed by atoms with Gasteiger partial charge in [-0.3, -0.25) is 4.79 Å². The summed E-state index contributed by atoms with van der Waals surface area (Å²) in [5.74, 6) is -0.569. The fourth-order valence-corrected chi connectivity index (χ4v) is 1.65. The molecule has 0 unspecified atom stereocenters. The van der Waals surface area contributed by atoms with E-state index in [1.54, 1.807) is 6.07 Å². The van der Waals surface area contributed by atoms with E-state index >= 15 is 0 Å². The largest absolute Gasteiger partial charge is 0.469 e. The summed E-state index contributed by atoms with van der Waals surface area (Å²) in [4.78, 5) is 11.2. The van der Waals surface area contributed by atoms with Crippen molar-refractivity contribution in [2.45, 2.75) is 19.4 Å². The second-order valence-corrected chi connectivity index (χ2v) is 3.57. The van der Waals surface area contributed by atoms with E-state index in [1.165, 1.54) is 13.2 Å². The standard InChI is InChI=1S/C12H12F2N2O2/c1-18-11(17)4-8-2-7(5-15)3-9(12(13)14)10(8)6-16/h2-3,12H,4,6,16H2,1H3. The first-order chi connectivity index (χ1) is 8.53. The summed E-state index contributed by atoms with van der Waals surface area (Å²) in [7, 11) is 1.20. The predicted molar refractivity (Wildman–Crippen MR) is 59.7 cm³/mol. The number of nitriles is 1. The maximum absolute atomic E-state index is 12.8. The van der Waals surface area contributed by atoms with Gasteiger partial charge in [-0.05, 0) is 23.3 Å². The first-order valence-electron chi connectivity index (χ1n) is 5.14. The van der Waals surface area contributed by atoms with Crippen LogP contribution in [0.15, 0.2) is 12.1 Å². The zero-order valence-corrected chi connectivity index (χ0v) is 9.74. The number of benzene rings is 1. The van der Waals surface area contributed by atoms with E-state index in [4.69, 9.17) is 11.0 Å². The minimum atomic E-state index is -2.74. The number of hydrogen-bond acceptors (Lipinski definition) is 4. The number of carbonyl (C=O) groups is 1. The number of nitrogens with two attached hydrogens (primary N) is 1. The van der Waals surface area contributed by atoms with E-state index in [-0.39, 0.29) is 29.7 Å². The Balaban J connectivity index is 3.34. The number of nitrogens with zero attached hydrogens (tertiary/aromatic N) is 1. The fraction of sp³-hybridized carbons (Fsp3) is 0.333. The van der Waals surface area contributed by atoms with Gasteiger partial charge < -0.3 is 10.5 Å². The molecule has 0 heterocycles. The van der Waals surface area contributed by atoms with Gasteiger partial charge in [0.1, 0.15) is 0 Å². The van der Waals surface area contributed by atoms with Gasteiger partial charge in [-0.1, -0.05) is 0 Å². The van der Waals surface area contributed by atoms with Gasteiger partial charge in [0.05, 0.1) is 25.2 Å². The first-order valence-corrected chi connectivity index (χ1v) is 5.14. The number of rotatable bonds is 4. The molecule has 0 saturated heterocycles. The third kappa shape index (κ3) is 3.02. The van der Waals surface area contributed by atoms with Crippen molar-refractivity contribution in [3.63, 3.8) is 0 Å². The molecule has 96 valence electrons. The Morgan fingerprint density at radius 3 is 2.67 bits per heavy atom. The van der Waals surface area contributed by atoms with Crippen LogP contribution in [0.4, 0.5) is 8.78 Å². The van der Waals surface area contributed by atoms with Crippen LogP contribution in [-0.4, -0.2) is 13.1 Å². The molecule has 0 fully saturated rings. The second-order valence-electron chi connectivity index (χ2n) is 3.57. The van der Waals surface area contributed by atoms with Crippen molar-refractivity contribution in [1.29, 1.82) is 5.26 Å². The van der Waals surface area contributed by atoms with Gasteiger partial charge in [0, 0.05) is 12.1 Å². The lowest BCUT2D eigenvalue weighted by atomic mass is 9.96. The molecule has 1 aromatic rings. The topological polar surface area (TPSA) is 76.1 Å². The molecule has 1 aromatic carbocycles. The van der Waals surface area contributed by atoms with Crippen molar-refractivity contribution >= 4 is 5.97 Å². The molecule has 0 aromatic heterocycles. The highest BCUT2D eigenvalue weighted by Crippen LogP contribution is 2.27. The number of carbonyl (C=O) groups excluding carboxylic acids is 1. The molecule has 0 saturated carbocycles. The minimum absolute atomic E-state index is 0.0707. The zero-order chi connectivity index (χ0) is 13.7. The molecule has 0 bridgehead atoms. The summed E-state index contributed by atoms with van der Waals surface area (Å²) < 4.78 is 30.2. The average Bonchev–Trinajstić information content (AvgIpc) is 2.37. The van der Waals surface area contributed by atoms with E-state index in [0.717, 1.165) is 6.07 Å². The number of esters is 1. The van der Waals surface area contributed by atoms with Crippen molar-refractivity contribution in [3.05, 3.63) is 34.4 Å². The molecule has 0 aliphatic rings. The smallest absolute Gasteiger partial charge is 0.309 e. The van der Waals surface area contributed by atoms with Crippen LogP contribution >= 0.6 is 0 Å². The van der Waals surface area contributed by atoms with E-state index < -0.39 is 12.4 Å². The minimum Gasteiger partial charge on any atom is -0.469 e. The van der Waals surface area contributed by atoms with Crippen molar-refractivity contribution in [2.24, 2.45) is 5.73 Å². The summed E-state index contributed by atoms with van der Waals surface area (Å²) in [6.07, 6.45) is -2.92. The highest BCUT2D eigenvalue weighted by atomic mass is 19.3. The molecular formula is C12H12F2N2O2. The quantitative estimate of drug-likeness (QED) is 0.829. The molecule has 0 spiro atoms. The summed E-state index contributed by atoms with van der Waals surface area (Å²) >= 11 is 0. The Labute approximate surface area is 103 Å². The molecule has 6 heteroatoms. The first kappa shape index (κ1) is 14.1. The van der Waals surface area contributed by atoms with Crippen LogP contribution in [0, 0.1) is 11.3 Å². The molecule has 2 N–H and O–H groups in total. The Morgan fingerprint density at radius 2 is 2.22 bits per heavy atom. The maximum atomic E-state index is 12.8. The van der Waals surface area contributed by atoms with Crippen LogP contribution in [0.5, 0.6) is 0 Å². The van der Waals surface area contributed by atoms with Crippen molar-refractivity contribution in [3.8, 4) is 6.07 Å². The number of ether oxygens (including phenoxy) is 1. The normalized spacial score (nSPS) is 10.2. The third-order valence-corrected chi connectivity index (χ3v) is 2.51. The molecular weight excluding hydrogens is 242 g/mol. The van der Waals surface area contributed by atoms with Crippen LogP contribution in [0.2, 0.25) is 0 Å². The number of alkyl halides is 2. The molecule has 0 atom stereocenters. The molecule has 18 heavy (non-hydrogen) atoms. The third-order valence-electron chi connectivity index (χ3n) is 2.51. The van der Waals surface area contributed by atoms with Crippen LogP contribution in [0.25, 0.3) is 0 Å². The van der Waals surface area contributed by atoms with Crippen LogP contribution in [0.1, 0.15) is 28.7 Å². The van der Waals surface area contributed by atoms with Crippen molar-refractivity contribution in [2.75, 3.05) is 7.11 Å². The number of methoxy groups -OCH3 is 1. The zero-order valence-electron chi connectivity index (χ0n) is 9.74. The molecule has 0 aliphatic heterocycles. The highest BCUT2D eigenvalue weighted by Gasteiger charge is 2.18. The Morgan fingerprint density at radius 1 is 1.56 bits per heavy atom. The Bertz CT molecular complexity index is 496. The van der Waals surface area contributed by atoms with Crippen LogP contribution in [-0.2, 0) is 22.5 Å². The van der Waals surface area contributed by atoms with Gasteiger partial charge in [0.2, 0.25) is 0 Å².